The van der Waals surface area contributed by atoms with Gasteiger partial charge in [-0.2, -0.15) is 4.98 Å². The highest BCUT2D eigenvalue weighted by Crippen LogP contribution is 2.32. The minimum Gasteiger partial charge on any atom is -0.493 e. The number of likely N-dealkylation sites (tertiary alicyclic amines) is 1. The molecular weight excluding hydrogens is 540 g/mol. The van der Waals surface area contributed by atoms with Crippen LogP contribution in [0.1, 0.15) is 44.9 Å². The van der Waals surface area contributed by atoms with Crippen molar-refractivity contribution in [1.29, 1.82) is 0 Å². The van der Waals surface area contributed by atoms with Crippen molar-refractivity contribution in [3.05, 3.63) is 42.7 Å². The second kappa shape index (κ2) is 11.7. The quantitative estimate of drug-likeness (QED) is 0.376. The average Bonchev–Trinajstić information content (AvgIpc) is 3.36. The van der Waals surface area contributed by atoms with Gasteiger partial charge in [0.2, 0.25) is 11.9 Å². The summed E-state index contributed by atoms with van der Waals surface area (Å²) >= 11 is 0. The predicted octanol–water partition coefficient (Wildman–Crippen LogP) is 4.46. The number of benzene rings is 1. The third-order valence-electron chi connectivity index (χ3n) is 7.71. The van der Waals surface area contributed by atoms with E-state index < -0.39 is 15.8 Å². The third-order valence-corrected chi connectivity index (χ3v) is 8.74. The lowest BCUT2D eigenvalue weighted by molar-refractivity contribution is -0.142. The van der Waals surface area contributed by atoms with E-state index in [0.717, 1.165) is 23.7 Å². The average molecular weight is 576 g/mol. The highest BCUT2D eigenvalue weighted by molar-refractivity contribution is 7.90. The van der Waals surface area contributed by atoms with Gasteiger partial charge in [0.25, 0.3) is 5.92 Å². The Morgan fingerprint density at radius 3 is 2.60 bits per heavy atom. The Balaban J connectivity index is 1.19. The number of halogens is 2. The van der Waals surface area contributed by atoms with Crippen LogP contribution in [0.2, 0.25) is 0 Å². The van der Waals surface area contributed by atoms with Gasteiger partial charge in [-0.3, -0.25) is 4.79 Å². The molecule has 0 unspecified atom stereocenters. The SMILES string of the molecule is CS(=O)(=O)CCCOc1cccc2c1ccn2-c1ccnc(NC2CCC(C(=O)N3CCC(F)(F)CC3)CC2)n1. The predicted molar refractivity (Wildman–Crippen MR) is 149 cm³/mol. The zero-order valence-corrected chi connectivity index (χ0v) is 23.4. The summed E-state index contributed by atoms with van der Waals surface area (Å²) in [5, 5.41) is 4.30. The first-order valence-corrected chi connectivity index (χ1v) is 15.8. The monoisotopic (exact) mass is 575 g/mol. The van der Waals surface area contributed by atoms with E-state index in [1.807, 2.05) is 41.1 Å². The topological polar surface area (TPSA) is 106 Å². The van der Waals surface area contributed by atoms with Gasteiger partial charge < -0.3 is 19.5 Å². The van der Waals surface area contributed by atoms with Crippen molar-refractivity contribution >= 4 is 32.6 Å². The first kappa shape index (κ1) is 28.3. The Kier molecular flexibility index (Phi) is 8.25. The zero-order valence-electron chi connectivity index (χ0n) is 22.6. The number of anilines is 1. The molecule has 1 aromatic carbocycles. The van der Waals surface area contributed by atoms with Crippen molar-refractivity contribution in [2.45, 2.75) is 56.9 Å². The summed E-state index contributed by atoms with van der Waals surface area (Å²) in [4.78, 5) is 23.6. The molecule has 1 aliphatic heterocycles. The Bertz CT molecular complexity index is 1440. The lowest BCUT2D eigenvalue weighted by Gasteiger charge is -2.36. The van der Waals surface area contributed by atoms with E-state index in [0.29, 0.717) is 43.4 Å². The molecule has 0 spiro atoms. The number of aromatic nitrogens is 3. The van der Waals surface area contributed by atoms with Gasteiger partial charge in [0.05, 0.1) is 17.9 Å². The van der Waals surface area contributed by atoms with Gasteiger partial charge in [-0.05, 0) is 56.4 Å². The lowest BCUT2D eigenvalue weighted by atomic mass is 9.84. The molecular formula is C28H35F2N5O4S. The van der Waals surface area contributed by atoms with Crippen LogP contribution in [0.5, 0.6) is 5.75 Å². The summed E-state index contributed by atoms with van der Waals surface area (Å²) < 4.78 is 57.5. The van der Waals surface area contributed by atoms with Gasteiger partial charge in [0, 0.05) is 61.9 Å². The number of sulfone groups is 1. The molecule has 1 saturated heterocycles. The minimum absolute atomic E-state index is 0.00503. The van der Waals surface area contributed by atoms with Crippen LogP contribution in [0.25, 0.3) is 16.7 Å². The number of hydrogen-bond acceptors (Lipinski definition) is 7. The van der Waals surface area contributed by atoms with Crippen molar-refractivity contribution < 1.29 is 26.7 Å². The van der Waals surface area contributed by atoms with Crippen molar-refractivity contribution in [2.24, 2.45) is 5.92 Å². The second-order valence-corrected chi connectivity index (χ2v) is 13.1. The number of carbonyl (C=O) groups is 1. The van der Waals surface area contributed by atoms with Crippen molar-refractivity contribution in [2.75, 3.05) is 37.0 Å². The first-order chi connectivity index (χ1) is 19.1. The highest BCUT2D eigenvalue weighted by atomic mass is 32.2. The van der Waals surface area contributed by atoms with Crippen molar-refractivity contribution in [3.63, 3.8) is 0 Å². The Morgan fingerprint density at radius 1 is 1.12 bits per heavy atom. The van der Waals surface area contributed by atoms with E-state index in [1.165, 1.54) is 6.26 Å². The van der Waals surface area contributed by atoms with E-state index in [4.69, 9.17) is 9.72 Å². The molecule has 2 aromatic heterocycles. The molecule has 1 N–H and O–H groups in total. The molecule has 3 heterocycles. The number of nitrogens with zero attached hydrogens (tertiary/aromatic N) is 4. The fourth-order valence-corrected chi connectivity index (χ4v) is 6.14. The largest absolute Gasteiger partial charge is 0.493 e. The first-order valence-electron chi connectivity index (χ1n) is 13.8. The molecule has 0 radical (unpaired) electrons. The fraction of sp³-hybridized carbons (Fsp3) is 0.536. The fourth-order valence-electron chi connectivity index (χ4n) is 5.50. The molecule has 12 heteroatoms. The smallest absolute Gasteiger partial charge is 0.251 e. The van der Waals surface area contributed by atoms with Crippen molar-refractivity contribution in [1.82, 2.24) is 19.4 Å². The minimum atomic E-state index is -3.03. The van der Waals surface area contributed by atoms with Crippen LogP contribution >= 0.6 is 0 Å². The zero-order chi connectivity index (χ0) is 28.3. The number of amides is 1. The Labute approximate surface area is 232 Å². The Hall–Kier alpha value is -3.28. The molecule has 216 valence electrons. The van der Waals surface area contributed by atoms with E-state index in [-0.39, 0.29) is 49.6 Å². The molecule has 2 fully saturated rings. The summed E-state index contributed by atoms with van der Waals surface area (Å²) in [5.74, 6) is -0.818. The lowest BCUT2D eigenvalue weighted by Crippen LogP contribution is -2.46. The van der Waals surface area contributed by atoms with Crippen molar-refractivity contribution in [3.8, 4) is 11.6 Å². The second-order valence-electron chi connectivity index (χ2n) is 10.8. The molecule has 1 aliphatic carbocycles. The number of hydrogen-bond donors (Lipinski definition) is 1. The van der Waals surface area contributed by atoms with Gasteiger partial charge in [0.1, 0.15) is 21.4 Å². The maximum absolute atomic E-state index is 13.5. The standard InChI is InChI=1S/C28H35F2N5O4S/c1-40(37,38)19-3-18-39-24-5-2-4-23-22(24)11-15-35(23)25-10-14-31-27(33-25)32-21-8-6-20(7-9-21)26(36)34-16-12-28(29,30)13-17-34/h2,4-5,10-11,14-15,20-21H,3,6-9,12-13,16-19H2,1H3,(H,31,32,33). The number of ether oxygens (including phenoxy) is 1. The van der Waals surface area contributed by atoms with Gasteiger partial charge >= 0.3 is 0 Å². The highest BCUT2D eigenvalue weighted by Gasteiger charge is 2.38. The molecule has 0 atom stereocenters. The van der Waals surface area contributed by atoms with E-state index >= 15 is 0 Å². The number of fused-ring (bicyclic) bond motifs is 1. The van der Waals surface area contributed by atoms with Crippen LogP contribution in [0.3, 0.4) is 0 Å². The van der Waals surface area contributed by atoms with Gasteiger partial charge in [-0.1, -0.05) is 6.07 Å². The maximum atomic E-state index is 13.5. The van der Waals surface area contributed by atoms with Gasteiger partial charge in [0.15, 0.2) is 0 Å². The summed E-state index contributed by atoms with van der Waals surface area (Å²) in [6.07, 6.45) is 7.71. The molecule has 9 nitrogen and oxygen atoms in total. The number of alkyl halides is 2. The van der Waals surface area contributed by atoms with Crippen LogP contribution in [0.4, 0.5) is 14.7 Å². The summed E-state index contributed by atoms with van der Waals surface area (Å²) in [5.41, 5.74) is 0.903. The summed E-state index contributed by atoms with van der Waals surface area (Å²) in [6.45, 7) is 0.575. The molecule has 5 rings (SSSR count). The number of rotatable bonds is 9. The molecule has 2 aliphatic rings. The van der Waals surface area contributed by atoms with Gasteiger partial charge in [-0.15, -0.1) is 0 Å². The van der Waals surface area contributed by atoms with E-state index in [9.17, 15) is 22.0 Å². The number of piperidine rings is 1. The Morgan fingerprint density at radius 2 is 1.88 bits per heavy atom. The van der Waals surface area contributed by atoms with Crippen LogP contribution in [0, 0.1) is 5.92 Å². The van der Waals surface area contributed by atoms with Crippen LogP contribution < -0.4 is 10.1 Å². The molecule has 1 saturated carbocycles. The third kappa shape index (κ3) is 6.89. The maximum Gasteiger partial charge on any atom is 0.251 e. The van der Waals surface area contributed by atoms with Gasteiger partial charge in [-0.25, -0.2) is 22.2 Å². The van der Waals surface area contributed by atoms with Crippen LogP contribution in [-0.2, 0) is 14.6 Å². The van der Waals surface area contributed by atoms with E-state index in [2.05, 4.69) is 10.3 Å². The number of nitrogens with one attached hydrogen (secondary N) is 1. The molecule has 1 amide bonds. The van der Waals surface area contributed by atoms with Crippen LogP contribution in [-0.4, -0.2) is 77.4 Å². The summed E-state index contributed by atoms with van der Waals surface area (Å²) in [7, 11) is -3.03. The van der Waals surface area contributed by atoms with Crippen LogP contribution in [0.15, 0.2) is 42.7 Å². The molecule has 3 aromatic rings. The normalized spacial score (nSPS) is 21.3. The number of carbonyl (C=O) groups excluding carboxylic acids is 1. The summed E-state index contributed by atoms with van der Waals surface area (Å²) in [6, 6.07) is 9.61. The van der Waals surface area contributed by atoms with E-state index in [1.54, 1.807) is 11.1 Å². The molecule has 40 heavy (non-hydrogen) atoms. The molecule has 0 bridgehead atoms.